The first kappa shape index (κ1) is 11.7. The average Bonchev–Trinajstić information content (AvgIpc) is 2.16. The lowest BCUT2D eigenvalue weighted by Gasteiger charge is -2.43. The van der Waals surface area contributed by atoms with E-state index < -0.39 is 0 Å². The molecule has 0 spiro atoms. The van der Waals surface area contributed by atoms with Crippen LogP contribution >= 0.6 is 0 Å². The largest absolute Gasteiger partial charge is 0.290 e. The zero-order valence-electron chi connectivity index (χ0n) is 9.97. The second-order valence-corrected chi connectivity index (χ2v) is 5.35. The molecule has 1 fully saturated rings. The topological polar surface area (TPSA) is 17.1 Å². The van der Waals surface area contributed by atoms with E-state index in [-0.39, 0.29) is 5.41 Å². The Hall–Kier alpha value is -0.330. The molecule has 0 bridgehead atoms. The van der Waals surface area contributed by atoms with Crippen molar-refractivity contribution in [2.45, 2.75) is 53.4 Å². The lowest BCUT2D eigenvalue weighted by atomic mass is 9.59. The lowest BCUT2D eigenvalue weighted by Crippen LogP contribution is -2.40. The van der Waals surface area contributed by atoms with Gasteiger partial charge in [-0.15, -0.1) is 0 Å². The van der Waals surface area contributed by atoms with E-state index in [1.165, 1.54) is 12.8 Å². The summed E-state index contributed by atoms with van der Waals surface area (Å²) in [5, 5.41) is 0. The SMILES string of the molecule is CCC1([C]=O)CC(C)CCC1C(C)C. The second kappa shape index (κ2) is 4.46. The van der Waals surface area contributed by atoms with Gasteiger partial charge in [-0.3, -0.25) is 4.79 Å². The monoisotopic (exact) mass is 195 g/mol. The number of hydrogen-bond acceptors (Lipinski definition) is 1. The highest BCUT2D eigenvalue weighted by Gasteiger charge is 2.43. The van der Waals surface area contributed by atoms with E-state index in [0.717, 1.165) is 12.8 Å². The van der Waals surface area contributed by atoms with Crippen molar-refractivity contribution < 1.29 is 4.79 Å². The summed E-state index contributed by atoms with van der Waals surface area (Å²) in [6, 6.07) is 0. The van der Waals surface area contributed by atoms with Crippen molar-refractivity contribution in [3.63, 3.8) is 0 Å². The average molecular weight is 195 g/mol. The van der Waals surface area contributed by atoms with E-state index in [4.69, 9.17) is 0 Å². The molecular weight excluding hydrogens is 172 g/mol. The molecule has 0 aliphatic heterocycles. The van der Waals surface area contributed by atoms with Crippen LogP contribution < -0.4 is 0 Å². The summed E-state index contributed by atoms with van der Waals surface area (Å²) in [6.45, 7) is 8.88. The molecule has 1 radical (unpaired) electrons. The Morgan fingerprint density at radius 3 is 2.50 bits per heavy atom. The summed E-state index contributed by atoms with van der Waals surface area (Å²) in [5.74, 6) is 1.87. The molecule has 1 saturated carbocycles. The Morgan fingerprint density at radius 1 is 1.43 bits per heavy atom. The number of rotatable bonds is 3. The van der Waals surface area contributed by atoms with Gasteiger partial charge in [0.2, 0.25) is 6.29 Å². The molecular formula is C13H23O. The van der Waals surface area contributed by atoms with Gasteiger partial charge < -0.3 is 0 Å². The molecule has 81 valence electrons. The van der Waals surface area contributed by atoms with Gasteiger partial charge >= 0.3 is 0 Å². The summed E-state index contributed by atoms with van der Waals surface area (Å²) in [6.07, 6.45) is 6.89. The van der Waals surface area contributed by atoms with Crippen molar-refractivity contribution in [2.75, 3.05) is 0 Å². The first-order valence-electron chi connectivity index (χ1n) is 5.95. The van der Waals surface area contributed by atoms with Crippen LogP contribution in [0.3, 0.4) is 0 Å². The van der Waals surface area contributed by atoms with Gasteiger partial charge in [0.15, 0.2) is 0 Å². The third-order valence-corrected chi connectivity index (χ3v) is 4.03. The minimum atomic E-state index is -0.133. The molecule has 0 aromatic carbocycles. The summed E-state index contributed by atoms with van der Waals surface area (Å²) in [5.41, 5.74) is -0.133. The fraction of sp³-hybridized carbons (Fsp3) is 0.923. The van der Waals surface area contributed by atoms with Crippen molar-refractivity contribution in [2.24, 2.45) is 23.2 Å². The second-order valence-electron chi connectivity index (χ2n) is 5.35. The molecule has 1 aliphatic rings. The molecule has 14 heavy (non-hydrogen) atoms. The number of carbonyl (C=O) groups excluding carboxylic acids is 1. The molecule has 0 aromatic heterocycles. The van der Waals surface area contributed by atoms with Crippen LogP contribution in [0, 0.1) is 23.2 Å². The zero-order chi connectivity index (χ0) is 10.8. The summed E-state index contributed by atoms with van der Waals surface area (Å²) in [4.78, 5) is 11.2. The van der Waals surface area contributed by atoms with Gasteiger partial charge in [-0.05, 0) is 37.0 Å². The predicted octanol–water partition coefficient (Wildman–Crippen LogP) is 3.58. The van der Waals surface area contributed by atoms with Crippen molar-refractivity contribution >= 4 is 6.29 Å². The molecule has 1 aliphatic carbocycles. The molecule has 0 N–H and O–H groups in total. The molecule has 0 amide bonds. The van der Waals surface area contributed by atoms with E-state index in [0.29, 0.717) is 17.8 Å². The van der Waals surface area contributed by atoms with Crippen LogP contribution in [0.15, 0.2) is 0 Å². The standard InChI is InChI=1S/C13H23O/c1-5-13(9-14)8-11(4)6-7-12(13)10(2)3/h10-12H,5-8H2,1-4H3. The maximum absolute atomic E-state index is 11.2. The van der Waals surface area contributed by atoms with Crippen LogP contribution in [-0.4, -0.2) is 6.29 Å². The van der Waals surface area contributed by atoms with Crippen molar-refractivity contribution in [1.82, 2.24) is 0 Å². The van der Waals surface area contributed by atoms with Crippen molar-refractivity contribution in [3.8, 4) is 0 Å². The van der Waals surface area contributed by atoms with Crippen LogP contribution in [0.2, 0.25) is 0 Å². The molecule has 1 nitrogen and oxygen atoms in total. The van der Waals surface area contributed by atoms with E-state index in [2.05, 4.69) is 34.0 Å². The van der Waals surface area contributed by atoms with Crippen LogP contribution in [-0.2, 0) is 4.79 Å². The normalized spacial score (nSPS) is 38.6. The van der Waals surface area contributed by atoms with Crippen molar-refractivity contribution in [1.29, 1.82) is 0 Å². The molecule has 1 rings (SSSR count). The Kier molecular flexibility index (Phi) is 3.74. The highest BCUT2D eigenvalue weighted by Crippen LogP contribution is 2.47. The van der Waals surface area contributed by atoms with Gasteiger partial charge in [-0.25, -0.2) is 0 Å². The van der Waals surface area contributed by atoms with Crippen LogP contribution in [0.1, 0.15) is 53.4 Å². The highest BCUT2D eigenvalue weighted by molar-refractivity contribution is 5.61. The Bertz CT molecular complexity index is 197. The minimum Gasteiger partial charge on any atom is -0.290 e. The Labute approximate surface area is 88.3 Å². The number of hydrogen-bond donors (Lipinski definition) is 0. The first-order chi connectivity index (χ1) is 6.55. The van der Waals surface area contributed by atoms with Gasteiger partial charge in [-0.1, -0.05) is 34.1 Å². The third-order valence-electron chi connectivity index (χ3n) is 4.03. The van der Waals surface area contributed by atoms with Crippen LogP contribution in [0.4, 0.5) is 0 Å². The molecule has 3 unspecified atom stereocenters. The van der Waals surface area contributed by atoms with Gasteiger partial charge in [0, 0.05) is 5.41 Å². The Morgan fingerprint density at radius 2 is 2.07 bits per heavy atom. The van der Waals surface area contributed by atoms with E-state index >= 15 is 0 Å². The van der Waals surface area contributed by atoms with Gasteiger partial charge in [-0.2, -0.15) is 0 Å². The minimum absolute atomic E-state index is 0.133. The van der Waals surface area contributed by atoms with Gasteiger partial charge in [0.25, 0.3) is 0 Å². The lowest BCUT2D eigenvalue weighted by molar-refractivity contribution is 0.0871. The molecule has 0 saturated heterocycles. The van der Waals surface area contributed by atoms with Crippen LogP contribution in [0.25, 0.3) is 0 Å². The van der Waals surface area contributed by atoms with Crippen LogP contribution in [0.5, 0.6) is 0 Å². The van der Waals surface area contributed by atoms with E-state index in [9.17, 15) is 4.79 Å². The molecule has 1 heteroatoms. The fourth-order valence-electron chi connectivity index (χ4n) is 3.18. The zero-order valence-corrected chi connectivity index (χ0v) is 9.97. The van der Waals surface area contributed by atoms with E-state index in [1.807, 2.05) is 0 Å². The van der Waals surface area contributed by atoms with Gasteiger partial charge in [0.1, 0.15) is 0 Å². The van der Waals surface area contributed by atoms with Gasteiger partial charge in [0.05, 0.1) is 0 Å². The highest BCUT2D eigenvalue weighted by atomic mass is 16.1. The smallest absolute Gasteiger partial charge is 0.205 e. The molecule has 0 aromatic rings. The predicted molar refractivity (Wildman–Crippen MR) is 59.8 cm³/mol. The Balaban J connectivity index is 2.87. The summed E-state index contributed by atoms with van der Waals surface area (Å²) < 4.78 is 0. The first-order valence-corrected chi connectivity index (χ1v) is 5.95. The molecule has 3 atom stereocenters. The van der Waals surface area contributed by atoms with Crippen molar-refractivity contribution in [3.05, 3.63) is 0 Å². The van der Waals surface area contributed by atoms with E-state index in [1.54, 1.807) is 0 Å². The molecule has 0 heterocycles. The quantitative estimate of drug-likeness (QED) is 0.672. The maximum atomic E-state index is 11.2. The third kappa shape index (κ3) is 2.02. The summed E-state index contributed by atoms with van der Waals surface area (Å²) >= 11 is 0. The summed E-state index contributed by atoms with van der Waals surface area (Å²) in [7, 11) is 0. The fourth-order valence-corrected chi connectivity index (χ4v) is 3.18. The maximum Gasteiger partial charge on any atom is 0.205 e.